The fourth-order valence-corrected chi connectivity index (χ4v) is 9.05. The molecule has 0 saturated heterocycles. The zero-order valence-corrected chi connectivity index (χ0v) is 17.8. The number of hydrogen-bond donors (Lipinski definition) is 0. The van der Waals surface area contributed by atoms with Crippen molar-refractivity contribution in [3.8, 4) is 5.75 Å². The van der Waals surface area contributed by atoms with Crippen molar-refractivity contribution in [2.24, 2.45) is 0 Å². The van der Waals surface area contributed by atoms with Gasteiger partial charge in [-0.15, -0.1) is 11.3 Å². The van der Waals surface area contributed by atoms with Crippen LogP contribution in [0.5, 0.6) is 5.75 Å². The minimum atomic E-state index is -2.55. The second-order valence-electron chi connectivity index (χ2n) is 7.89. The van der Waals surface area contributed by atoms with Crippen molar-refractivity contribution >= 4 is 40.1 Å². The van der Waals surface area contributed by atoms with Crippen LogP contribution in [-0.2, 0) is 0 Å². The van der Waals surface area contributed by atoms with Gasteiger partial charge in [-0.2, -0.15) is 0 Å². The summed E-state index contributed by atoms with van der Waals surface area (Å²) in [6, 6.07) is 30.2. The molecule has 0 aliphatic heterocycles. The molecule has 1 heterocycles. The van der Waals surface area contributed by atoms with Crippen LogP contribution in [0, 0.1) is 0 Å². The first-order valence-electron chi connectivity index (χ1n) is 9.28. The Morgan fingerprint density at radius 2 is 1.33 bits per heavy atom. The quantitative estimate of drug-likeness (QED) is 0.399. The molecular formula is C24H24OSSi. The topological polar surface area (TPSA) is 9.23 Å². The van der Waals surface area contributed by atoms with E-state index in [-0.39, 0.29) is 5.04 Å². The average molecular weight is 389 g/mol. The zero-order valence-electron chi connectivity index (χ0n) is 16.0. The highest BCUT2D eigenvalue weighted by atomic mass is 32.1. The maximum absolute atomic E-state index is 7.06. The van der Waals surface area contributed by atoms with E-state index in [1.807, 2.05) is 0 Å². The van der Waals surface area contributed by atoms with Gasteiger partial charge >= 0.3 is 8.32 Å². The second kappa shape index (κ2) is 6.99. The van der Waals surface area contributed by atoms with E-state index in [4.69, 9.17) is 4.43 Å². The Hall–Kier alpha value is -2.36. The minimum absolute atomic E-state index is 0.0277. The molecule has 0 radical (unpaired) electrons. The first-order valence-corrected chi connectivity index (χ1v) is 12.1. The number of rotatable bonds is 4. The molecule has 4 aromatic rings. The van der Waals surface area contributed by atoms with Gasteiger partial charge in [0.15, 0.2) is 0 Å². The van der Waals surface area contributed by atoms with Crippen LogP contribution in [0.25, 0.3) is 10.1 Å². The molecule has 0 amide bonds. The minimum Gasteiger partial charge on any atom is -0.534 e. The fraction of sp³-hybridized carbons (Fsp3) is 0.167. The smallest absolute Gasteiger partial charge is 0.319 e. The van der Waals surface area contributed by atoms with Gasteiger partial charge < -0.3 is 4.43 Å². The summed E-state index contributed by atoms with van der Waals surface area (Å²) in [7, 11) is -2.55. The summed E-state index contributed by atoms with van der Waals surface area (Å²) < 4.78 is 8.33. The Balaban J connectivity index is 1.94. The van der Waals surface area contributed by atoms with Crippen molar-refractivity contribution in [1.29, 1.82) is 0 Å². The van der Waals surface area contributed by atoms with E-state index in [2.05, 4.69) is 111 Å². The van der Waals surface area contributed by atoms with Crippen LogP contribution in [0.1, 0.15) is 20.8 Å². The predicted molar refractivity (Wildman–Crippen MR) is 120 cm³/mol. The third-order valence-electron chi connectivity index (χ3n) is 5.12. The predicted octanol–water partition coefficient (Wildman–Crippen LogP) is 5.84. The van der Waals surface area contributed by atoms with Crippen molar-refractivity contribution in [3.63, 3.8) is 0 Å². The van der Waals surface area contributed by atoms with E-state index < -0.39 is 8.32 Å². The Kier molecular flexibility index (Phi) is 4.66. The maximum Gasteiger partial charge on any atom is 0.319 e. The van der Waals surface area contributed by atoms with Crippen LogP contribution >= 0.6 is 11.3 Å². The van der Waals surface area contributed by atoms with Crippen LogP contribution in [0.15, 0.2) is 90.3 Å². The molecule has 0 spiro atoms. The highest BCUT2D eigenvalue weighted by molar-refractivity contribution is 7.17. The molecule has 0 aliphatic carbocycles. The van der Waals surface area contributed by atoms with Crippen molar-refractivity contribution in [1.82, 2.24) is 0 Å². The van der Waals surface area contributed by atoms with Crippen molar-refractivity contribution in [2.45, 2.75) is 25.8 Å². The van der Waals surface area contributed by atoms with Gasteiger partial charge in [0.2, 0.25) is 0 Å². The lowest BCUT2D eigenvalue weighted by molar-refractivity contribution is 0.509. The normalized spacial score (nSPS) is 12.3. The van der Waals surface area contributed by atoms with Crippen LogP contribution in [-0.4, -0.2) is 8.32 Å². The summed E-state index contributed by atoms with van der Waals surface area (Å²) in [5.74, 6) is 0.958. The highest BCUT2D eigenvalue weighted by Crippen LogP contribution is 2.38. The molecule has 3 aromatic carbocycles. The van der Waals surface area contributed by atoms with Gasteiger partial charge in [-0.05, 0) is 50.4 Å². The SMILES string of the molecule is CC(C)(C)[Si](Oc1ccc2ccsc2c1)(c1ccccc1)c1ccccc1. The highest BCUT2D eigenvalue weighted by Gasteiger charge is 2.52. The summed E-state index contributed by atoms with van der Waals surface area (Å²) in [5, 5.41) is 5.98. The van der Waals surface area contributed by atoms with Crippen molar-refractivity contribution < 1.29 is 4.43 Å². The third-order valence-corrected chi connectivity index (χ3v) is 10.9. The Labute approximate surface area is 166 Å². The van der Waals surface area contributed by atoms with Crippen LogP contribution in [0.2, 0.25) is 5.04 Å². The van der Waals surface area contributed by atoms with Crippen LogP contribution in [0.4, 0.5) is 0 Å². The molecule has 0 N–H and O–H groups in total. The molecule has 1 nitrogen and oxygen atoms in total. The van der Waals surface area contributed by atoms with Gasteiger partial charge in [0.25, 0.3) is 0 Å². The first-order chi connectivity index (χ1) is 13.0. The molecule has 0 unspecified atom stereocenters. The fourth-order valence-electron chi connectivity index (χ4n) is 3.82. The van der Waals surface area contributed by atoms with E-state index in [0.717, 1.165) is 5.75 Å². The lowest BCUT2D eigenvalue weighted by Crippen LogP contribution is -2.68. The summed E-state index contributed by atoms with van der Waals surface area (Å²) in [5.41, 5.74) is 0. The van der Waals surface area contributed by atoms with Crippen molar-refractivity contribution in [2.75, 3.05) is 0 Å². The molecule has 0 saturated carbocycles. The lowest BCUT2D eigenvalue weighted by Gasteiger charge is -2.43. The molecule has 0 aliphatic rings. The van der Waals surface area contributed by atoms with Crippen LogP contribution in [0.3, 0.4) is 0 Å². The second-order valence-corrected chi connectivity index (χ2v) is 13.1. The van der Waals surface area contributed by atoms with Gasteiger partial charge in [-0.25, -0.2) is 0 Å². The molecule has 0 bridgehead atoms. The first kappa shape index (κ1) is 18.0. The van der Waals surface area contributed by atoms with E-state index >= 15 is 0 Å². The number of fused-ring (bicyclic) bond motifs is 1. The van der Waals surface area contributed by atoms with Crippen molar-refractivity contribution in [3.05, 3.63) is 90.3 Å². The monoisotopic (exact) mass is 388 g/mol. The number of benzene rings is 3. The Morgan fingerprint density at radius 1 is 0.741 bits per heavy atom. The molecule has 0 atom stereocenters. The van der Waals surface area contributed by atoms with E-state index in [9.17, 15) is 0 Å². The Morgan fingerprint density at radius 3 is 1.89 bits per heavy atom. The third kappa shape index (κ3) is 3.22. The summed E-state index contributed by atoms with van der Waals surface area (Å²) in [6.45, 7) is 6.93. The lowest BCUT2D eigenvalue weighted by atomic mass is 10.2. The number of hydrogen-bond acceptors (Lipinski definition) is 2. The van der Waals surface area contributed by atoms with E-state index in [1.165, 1.54) is 20.5 Å². The summed E-state index contributed by atoms with van der Waals surface area (Å²) in [4.78, 5) is 0. The van der Waals surface area contributed by atoms with Gasteiger partial charge in [-0.3, -0.25) is 0 Å². The average Bonchev–Trinajstić information content (AvgIpc) is 3.14. The Bertz CT molecular complexity index is 993. The summed E-state index contributed by atoms with van der Waals surface area (Å²) >= 11 is 1.76. The molecule has 0 fully saturated rings. The molecular weight excluding hydrogens is 364 g/mol. The standard InChI is InChI=1S/C24H24OSSi/c1-24(2,3)27(21-10-6-4-7-11-21,22-12-8-5-9-13-22)25-20-15-14-19-16-17-26-23(19)18-20/h4-18H,1-3H3. The van der Waals surface area contributed by atoms with Gasteiger partial charge in [0.05, 0.1) is 0 Å². The largest absolute Gasteiger partial charge is 0.534 e. The zero-order chi connectivity index (χ0) is 18.9. The molecule has 136 valence electrons. The molecule has 3 heteroatoms. The molecule has 1 aromatic heterocycles. The number of thiophene rings is 1. The summed E-state index contributed by atoms with van der Waals surface area (Å²) in [6.07, 6.45) is 0. The van der Waals surface area contributed by atoms with E-state index in [0.29, 0.717) is 0 Å². The van der Waals surface area contributed by atoms with Gasteiger partial charge in [-0.1, -0.05) is 81.4 Å². The van der Waals surface area contributed by atoms with Crippen LogP contribution < -0.4 is 14.8 Å². The van der Waals surface area contributed by atoms with Gasteiger partial charge in [0.1, 0.15) is 5.75 Å². The molecule has 27 heavy (non-hydrogen) atoms. The van der Waals surface area contributed by atoms with E-state index in [1.54, 1.807) is 11.3 Å². The maximum atomic E-state index is 7.06. The van der Waals surface area contributed by atoms with Gasteiger partial charge in [0, 0.05) is 4.70 Å². The molecule has 4 rings (SSSR count).